The maximum absolute atomic E-state index is 11.7. The molecule has 0 bridgehead atoms. The molecule has 0 radical (unpaired) electrons. The zero-order valence-electron chi connectivity index (χ0n) is 10.6. The summed E-state index contributed by atoms with van der Waals surface area (Å²) in [5.74, 6) is 0.690. The van der Waals surface area contributed by atoms with Gasteiger partial charge in [-0.05, 0) is 12.3 Å². The molecule has 5 heteroatoms. The van der Waals surface area contributed by atoms with Crippen LogP contribution in [-0.4, -0.2) is 11.8 Å². The summed E-state index contributed by atoms with van der Waals surface area (Å²) < 4.78 is 0. The molecule has 1 fully saturated rings. The number of nitrogen functional groups attached to an aromatic ring is 1. The molecule has 0 saturated heterocycles. The number of ketones is 1. The predicted octanol–water partition coefficient (Wildman–Crippen LogP) is 3.01. The average molecular weight is 263 g/mol. The summed E-state index contributed by atoms with van der Waals surface area (Å²) in [4.78, 5) is 12.2. The van der Waals surface area contributed by atoms with Gasteiger partial charge in [0.2, 0.25) is 0 Å². The molecule has 1 saturated carbocycles. The van der Waals surface area contributed by atoms with E-state index in [9.17, 15) is 4.79 Å². The molecule has 96 valence electrons. The van der Waals surface area contributed by atoms with Gasteiger partial charge >= 0.3 is 0 Å². The van der Waals surface area contributed by atoms with Gasteiger partial charge in [-0.25, -0.2) is 0 Å². The number of Topliss-reactive ketones (excluding diaryl/α,β-unsaturated/α-hetero) is 1. The fourth-order valence-electron chi connectivity index (χ4n) is 2.07. The van der Waals surface area contributed by atoms with Crippen molar-refractivity contribution in [2.75, 3.05) is 11.1 Å². The number of nitrogens with zero attached hydrogens (tertiary/aromatic N) is 1. The van der Waals surface area contributed by atoms with Gasteiger partial charge in [-0.1, -0.05) is 20.3 Å². The molecule has 4 nitrogen and oxygen atoms in total. The fourth-order valence-corrected chi connectivity index (χ4v) is 3.21. The monoisotopic (exact) mass is 263 g/mol. The van der Waals surface area contributed by atoms with Gasteiger partial charge in [0.15, 0.2) is 5.78 Å². The van der Waals surface area contributed by atoms with Crippen LogP contribution >= 0.6 is 11.3 Å². The fraction of sp³-hybridized carbons (Fsp3) is 0.538. The van der Waals surface area contributed by atoms with Gasteiger partial charge in [-0.3, -0.25) is 4.79 Å². The summed E-state index contributed by atoms with van der Waals surface area (Å²) >= 11 is 1.32. The van der Waals surface area contributed by atoms with Crippen LogP contribution < -0.4 is 11.1 Å². The summed E-state index contributed by atoms with van der Waals surface area (Å²) in [6.07, 6.45) is 2.69. The molecule has 1 aromatic heterocycles. The van der Waals surface area contributed by atoms with Crippen LogP contribution in [0.15, 0.2) is 0 Å². The van der Waals surface area contributed by atoms with Crippen LogP contribution in [0.5, 0.6) is 0 Å². The maximum atomic E-state index is 11.7. The van der Waals surface area contributed by atoms with Crippen molar-refractivity contribution >= 4 is 27.8 Å². The second-order valence-electron chi connectivity index (χ2n) is 4.59. The van der Waals surface area contributed by atoms with Crippen LogP contribution in [0, 0.1) is 17.2 Å². The molecule has 1 aromatic rings. The molecule has 0 spiro atoms. The van der Waals surface area contributed by atoms with Crippen LogP contribution in [0.25, 0.3) is 0 Å². The third kappa shape index (κ3) is 2.21. The summed E-state index contributed by atoms with van der Waals surface area (Å²) in [7, 11) is 0. The SMILES string of the molecule is CCC(=O)c1sc(NC2CC2CC)c(C#N)c1N. The van der Waals surface area contributed by atoms with Gasteiger partial charge in [0.1, 0.15) is 16.6 Å². The highest BCUT2D eigenvalue weighted by molar-refractivity contribution is 7.19. The Hall–Kier alpha value is -1.54. The quantitative estimate of drug-likeness (QED) is 0.800. The number of hydrogen-bond donors (Lipinski definition) is 2. The second kappa shape index (κ2) is 4.99. The average Bonchev–Trinajstić information content (AvgIpc) is 3.05. The van der Waals surface area contributed by atoms with Gasteiger partial charge in [0.05, 0.1) is 10.6 Å². The van der Waals surface area contributed by atoms with E-state index in [2.05, 4.69) is 18.3 Å². The number of nitriles is 1. The van der Waals surface area contributed by atoms with Crippen LogP contribution in [-0.2, 0) is 0 Å². The molecule has 1 heterocycles. The zero-order chi connectivity index (χ0) is 13.3. The molecule has 0 aromatic carbocycles. The highest BCUT2D eigenvalue weighted by Crippen LogP contribution is 2.42. The van der Waals surface area contributed by atoms with E-state index in [1.54, 1.807) is 6.92 Å². The Kier molecular flexibility index (Phi) is 3.58. The topological polar surface area (TPSA) is 78.9 Å². The Balaban J connectivity index is 2.25. The number of thiophene rings is 1. The van der Waals surface area contributed by atoms with Gasteiger partial charge in [0.25, 0.3) is 0 Å². The lowest BCUT2D eigenvalue weighted by molar-refractivity contribution is 0.0993. The third-order valence-corrected chi connectivity index (χ3v) is 4.57. The smallest absolute Gasteiger partial charge is 0.174 e. The normalized spacial score (nSPS) is 21.4. The van der Waals surface area contributed by atoms with Crippen LogP contribution in [0.3, 0.4) is 0 Å². The minimum Gasteiger partial charge on any atom is -0.396 e. The lowest BCUT2D eigenvalue weighted by Gasteiger charge is -2.02. The van der Waals surface area contributed by atoms with Gasteiger partial charge < -0.3 is 11.1 Å². The Morgan fingerprint density at radius 2 is 2.33 bits per heavy atom. The third-order valence-electron chi connectivity index (χ3n) is 3.39. The first-order valence-electron chi connectivity index (χ1n) is 6.24. The molecular weight excluding hydrogens is 246 g/mol. The second-order valence-corrected chi connectivity index (χ2v) is 5.61. The minimum atomic E-state index is 0.00453. The number of hydrogen-bond acceptors (Lipinski definition) is 5. The highest BCUT2D eigenvalue weighted by Gasteiger charge is 2.36. The van der Waals surface area contributed by atoms with Crippen molar-refractivity contribution in [2.45, 2.75) is 39.2 Å². The molecule has 0 aliphatic heterocycles. The number of carbonyl (C=O) groups excluding carboxylic acids is 1. The van der Waals surface area contributed by atoms with Crippen LogP contribution in [0.2, 0.25) is 0 Å². The summed E-state index contributed by atoms with van der Waals surface area (Å²) in [6, 6.07) is 2.53. The lowest BCUT2D eigenvalue weighted by Crippen LogP contribution is -2.04. The number of rotatable bonds is 5. The predicted molar refractivity (Wildman–Crippen MR) is 73.9 cm³/mol. The molecule has 1 aliphatic rings. The summed E-state index contributed by atoms with van der Waals surface area (Å²) in [5, 5.41) is 13.2. The van der Waals surface area contributed by atoms with E-state index in [1.165, 1.54) is 11.3 Å². The van der Waals surface area contributed by atoms with Crippen LogP contribution in [0.4, 0.5) is 10.7 Å². The van der Waals surface area contributed by atoms with E-state index in [0.29, 0.717) is 34.5 Å². The van der Waals surface area contributed by atoms with E-state index in [0.717, 1.165) is 17.8 Å². The first kappa shape index (κ1) is 12.9. The zero-order valence-corrected chi connectivity index (χ0v) is 11.4. The standard InChI is InChI=1S/C13H17N3OS/c1-3-7-5-9(7)16-13-8(6-14)11(15)12(18-13)10(17)4-2/h7,9,16H,3-5,15H2,1-2H3. The van der Waals surface area contributed by atoms with E-state index >= 15 is 0 Å². The van der Waals surface area contributed by atoms with Gasteiger partial charge in [-0.2, -0.15) is 5.26 Å². The van der Waals surface area contributed by atoms with Gasteiger partial charge in [0, 0.05) is 12.5 Å². The molecule has 3 N–H and O–H groups in total. The minimum absolute atomic E-state index is 0.00453. The largest absolute Gasteiger partial charge is 0.396 e. The molecule has 2 rings (SSSR count). The first-order valence-corrected chi connectivity index (χ1v) is 7.06. The number of nitrogens with one attached hydrogen (secondary N) is 1. The van der Waals surface area contributed by atoms with Crippen molar-refractivity contribution in [3.8, 4) is 6.07 Å². The summed E-state index contributed by atoms with van der Waals surface area (Å²) in [5.41, 5.74) is 6.65. The lowest BCUT2D eigenvalue weighted by atomic mass is 10.2. The van der Waals surface area contributed by atoms with Crippen molar-refractivity contribution < 1.29 is 4.79 Å². The number of anilines is 2. The van der Waals surface area contributed by atoms with Crippen molar-refractivity contribution in [1.82, 2.24) is 0 Å². The first-order chi connectivity index (χ1) is 8.62. The maximum Gasteiger partial charge on any atom is 0.174 e. The Morgan fingerprint density at radius 1 is 1.61 bits per heavy atom. The number of nitrogens with two attached hydrogens (primary N) is 1. The van der Waals surface area contributed by atoms with E-state index in [-0.39, 0.29) is 5.78 Å². The van der Waals surface area contributed by atoms with Crippen molar-refractivity contribution in [3.63, 3.8) is 0 Å². The van der Waals surface area contributed by atoms with Crippen molar-refractivity contribution in [3.05, 3.63) is 10.4 Å². The Bertz CT molecular complexity index is 515. The Morgan fingerprint density at radius 3 is 2.83 bits per heavy atom. The molecule has 2 unspecified atom stereocenters. The van der Waals surface area contributed by atoms with Crippen LogP contribution in [0.1, 0.15) is 48.3 Å². The van der Waals surface area contributed by atoms with Crippen molar-refractivity contribution in [1.29, 1.82) is 5.26 Å². The number of carbonyl (C=O) groups is 1. The molecular formula is C13H17N3OS. The van der Waals surface area contributed by atoms with E-state index in [4.69, 9.17) is 11.0 Å². The van der Waals surface area contributed by atoms with Gasteiger partial charge in [-0.15, -0.1) is 11.3 Å². The molecule has 1 aliphatic carbocycles. The van der Waals surface area contributed by atoms with Crippen molar-refractivity contribution in [2.24, 2.45) is 5.92 Å². The molecule has 2 atom stereocenters. The highest BCUT2D eigenvalue weighted by atomic mass is 32.1. The Labute approximate surface area is 111 Å². The molecule has 18 heavy (non-hydrogen) atoms. The van der Waals surface area contributed by atoms with E-state index < -0.39 is 0 Å². The molecule has 0 amide bonds. The van der Waals surface area contributed by atoms with E-state index in [1.807, 2.05) is 0 Å². The summed E-state index contributed by atoms with van der Waals surface area (Å²) in [6.45, 7) is 3.96.